The van der Waals surface area contributed by atoms with Gasteiger partial charge in [-0.25, -0.2) is 0 Å². The molecule has 9 heteroatoms. The van der Waals surface area contributed by atoms with Gasteiger partial charge in [0.15, 0.2) is 0 Å². The Morgan fingerprint density at radius 2 is 1.04 bits per heavy atom. The zero-order valence-electron chi connectivity index (χ0n) is 13.2. The molecule has 0 unspecified atom stereocenters. The molecular formula is C16H14F6O2Si. The van der Waals surface area contributed by atoms with Crippen LogP contribution >= 0.6 is 0 Å². The third kappa shape index (κ3) is 3.88. The molecule has 0 aliphatic carbocycles. The minimum absolute atomic E-state index is 0.0617. The Labute approximate surface area is 141 Å². The number of hydrogen-bond acceptors (Lipinski definition) is 2. The van der Waals surface area contributed by atoms with Crippen LogP contribution in [0.1, 0.15) is 11.1 Å². The maximum absolute atomic E-state index is 13.0. The smallest absolute Gasteiger partial charge is 0.391 e. The molecule has 0 saturated heterocycles. The quantitative estimate of drug-likeness (QED) is 0.596. The van der Waals surface area contributed by atoms with Gasteiger partial charge in [0.25, 0.3) is 0 Å². The third-order valence-electron chi connectivity index (χ3n) is 3.71. The normalized spacial score (nSPS) is 13.1. The lowest BCUT2D eigenvalue weighted by atomic mass is 10.2. The van der Waals surface area contributed by atoms with E-state index in [2.05, 4.69) is 0 Å². The summed E-state index contributed by atoms with van der Waals surface area (Å²) in [5, 5.41) is 0.123. The van der Waals surface area contributed by atoms with Crippen LogP contribution in [0.3, 0.4) is 0 Å². The summed E-state index contributed by atoms with van der Waals surface area (Å²) in [4.78, 5) is 0. The minimum atomic E-state index is -4.59. The van der Waals surface area contributed by atoms with Gasteiger partial charge in [-0.2, -0.15) is 26.3 Å². The minimum Gasteiger partial charge on any atom is -0.391 e. The van der Waals surface area contributed by atoms with Gasteiger partial charge in [0.2, 0.25) is 0 Å². The molecule has 0 aromatic heterocycles. The highest BCUT2D eigenvalue weighted by Crippen LogP contribution is 2.30. The largest absolute Gasteiger partial charge is 0.416 e. The maximum atomic E-state index is 13.0. The Morgan fingerprint density at radius 1 is 0.680 bits per heavy atom. The molecule has 0 heterocycles. The molecule has 0 saturated carbocycles. The summed E-state index contributed by atoms with van der Waals surface area (Å²) in [6.07, 6.45) is -9.18. The van der Waals surface area contributed by atoms with Gasteiger partial charge >= 0.3 is 20.9 Å². The van der Waals surface area contributed by atoms with Crippen LogP contribution in [0.4, 0.5) is 26.3 Å². The van der Waals surface area contributed by atoms with Gasteiger partial charge in [-0.3, -0.25) is 0 Å². The van der Waals surface area contributed by atoms with Crippen molar-refractivity contribution >= 4 is 18.9 Å². The van der Waals surface area contributed by atoms with Crippen molar-refractivity contribution < 1.29 is 35.2 Å². The summed E-state index contributed by atoms with van der Waals surface area (Å²) in [5.41, 5.74) is -1.86. The molecule has 0 radical (unpaired) electrons. The van der Waals surface area contributed by atoms with Gasteiger partial charge in [-0.15, -0.1) is 0 Å². The molecule has 0 spiro atoms. The third-order valence-corrected chi connectivity index (χ3v) is 7.01. The lowest BCUT2D eigenvalue weighted by Gasteiger charge is -2.29. The maximum Gasteiger partial charge on any atom is 0.416 e. The predicted molar refractivity (Wildman–Crippen MR) is 81.9 cm³/mol. The highest BCUT2D eigenvalue weighted by molar-refractivity contribution is 6.92. The van der Waals surface area contributed by atoms with Crippen molar-refractivity contribution in [2.75, 3.05) is 14.2 Å². The van der Waals surface area contributed by atoms with Crippen LogP contribution in [0.25, 0.3) is 0 Å². The number of hydrogen-bond donors (Lipinski definition) is 0. The Morgan fingerprint density at radius 3 is 1.32 bits per heavy atom. The van der Waals surface area contributed by atoms with E-state index in [1.807, 2.05) is 0 Å². The van der Waals surface area contributed by atoms with E-state index in [0.29, 0.717) is 0 Å². The molecule has 0 amide bonds. The van der Waals surface area contributed by atoms with Crippen LogP contribution in [0.15, 0.2) is 48.5 Å². The molecule has 2 nitrogen and oxygen atoms in total. The average molecular weight is 380 g/mol. The Hall–Kier alpha value is -1.84. The van der Waals surface area contributed by atoms with E-state index in [0.717, 1.165) is 24.3 Å². The molecule has 25 heavy (non-hydrogen) atoms. The summed E-state index contributed by atoms with van der Waals surface area (Å²) in [6, 6.07) is 8.50. The summed E-state index contributed by atoms with van der Waals surface area (Å²) in [6.45, 7) is 0. The van der Waals surface area contributed by atoms with Crippen LogP contribution in [0.5, 0.6) is 0 Å². The van der Waals surface area contributed by atoms with E-state index in [1.54, 1.807) is 0 Å². The number of alkyl halides is 6. The predicted octanol–water partition coefficient (Wildman–Crippen LogP) is 3.57. The SMILES string of the molecule is CO[Si](OC)(c1cccc(C(F)(F)F)c1)c1cccc(C(F)(F)F)c1. The van der Waals surface area contributed by atoms with Crippen LogP contribution in [0, 0.1) is 0 Å². The van der Waals surface area contributed by atoms with Crippen molar-refractivity contribution in [3.63, 3.8) is 0 Å². The molecule has 0 aliphatic rings. The van der Waals surface area contributed by atoms with Crippen molar-refractivity contribution in [1.82, 2.24) is 0 Å². The second-order valence-electron chi connectivity index (χ2n) is 5.18. The van der Waals surface area contributed by atoms with Crippen LogP contribution in [0.2, 0.25) is 0 Å². The molecule has 0 aliphatic heterocycles. The van der Waals surface area contributed by atoms with Crippen LogP contribution in [-0.2, 0) is 21.2 Å². The highest BCUT2D eigenvalue weighted by atomic mass is 28.4. The molecular weight excluding hydrogens is 366 g/mol. The molecule has 2 aromatic rings. The number of benzene rings is 2. The zero-order valence-corrected chi connectivity index (χ0v) is 14.2. The molecule has 136 valence electrons. The monoisotopic (exact) mass is 380 g/mol. The first-order chi connectivity index (χ1) is 11.5. The molecule has 0 atom stereocenters. The summed E-state index contributed by atoms with van der Waals surface area (Å²) >= 11 is 0. The van der Waals surface area contributed by atoms with E-state index < -0.39 is 32.0 Å². The van der Waals surface area contributed by atoms with E-state index in [4.69, 9.17) is 8.85 Å². The second kappa shape index (κ2) is 6.81. The average Bonchev–Trinajstić information content (AvgIpc) is 2.56. The van der Waals surface area contributed by atoms with Crippen LogP contribution in [-0.4, -0.2) is 22.8 Å². The highest BCUT2D eigenvalue weighted by Gasteiger charge is 2.44. The second-order valence-corrected chi connectivity index (χ2v) is 8.39. The Kier molecular flexibility index (Phi) is 5.31. The van der Waals surface area contributed by atoms with Gasteiger partial charge in [0.1, 0.15) is 0 Å². The summed E-state index contributed by atoms with van der Waals surface area (Å²) < 4.78 is 88.6. The number of halogens is 6. The molecule has 0 N–H and O–H groups in total. The fraction of sp³-hybridized carbons (Fsp3) is 0.250. The lowest BCUT2D eigenvalue weighted by Crippen LogP contribution is -2.62. The van der Waals surface area contributed by atoms with Gasteiger partial charge in [0.05, 0.1) is 11.1 Å². The fourth-order valence-corrected chi connectivity index (χ4v) is 5.29. The van der Waals surface area contributed by atoms with Crippen molar-refractivity contribution in [2.24, 2.45) is 0 Å². The van der Waals surface area contributed by atoms with Crippen molar-refractivity contribution in [3.8, 4) is 0 Å². The van der Waals surface area contributed by atoms with E-state index in [1.165, 1.54) is 38.5 Å². The Balaban J connectivity index is 2.64. The standard InChI is InChI=1S/C16H14F6O2Si/c1-23-25(24-2,13-7-3-5-11(9-13)15(17,18)19)14-8-4-6-12(10-14)16(20,21)22/h3-10H,1-2H3. The lowest BCUT2D eigenvalue weighted by molar-refractivity contribution is -0.138. The molecule has 2 rings (SSSR count). The fourth-order valence-electron chi connectivity index (χ4n) is 2.52. The Bertz CT molecular complexity index is 678. The van der Waals surface area contributed by atoms with E-state index in [9.17, 15) is 26.3 Å². The number of rotatable bonds is 4. The van der Waals surface area contributed by atoms with Gasteiger partial charge in [-0.05, 0) is 22.5 Å². The molecule has 2 aromatic carbocycles. The molecule has 0 bridgehead atoms. The van der Waals surface area contributed by atoms with Crippen molar-refractivity contribution in [3.05, 3.63) is 59.7 Å². The van der Waals surface area contributed by atoms with Gasteiger partial charge in [0, 0.05) is 14.2 Å². The zero-order chi connectivity index (χ0) is 18.9. The first kappa shape index (κ1) is 19.5. The molecule has 0 fully saturated rings. The first-order valence-electron chi connectivity index (χ1n) is 7.00. The van der Waals surface area contributed by atoms with Crippen molar-refractivity contribution in [1.29, 1.82) is 0 Å². The first-order valence-corrected chi connectivity index (χ1v) is 8.82. The van der Waals surface area contributed by atoms with Crippen molar-refractivity contribution in [2.45, 2.75) is 12.4 Å². The summed E-state index contributed by atoms with van der Waals surface area (Å²) in [5.74, 6) is 0. The van der Waals surface area contributed by atoms with E-state index >= 15 is 0 Å². The topological polar surface area (TPSA) is 18.5 Å². The van der Waals surface area contributed by atoms with Gasteiger partial charge < -0.3 is 8.85 Å². The summed E-state index contributed by atoms with van der Waals surface area (Å²) in [7, 11) is -1.31. The van der Waals surface area contributed by atoms with Gasteiger partial charge in [-0.1, -0.05) is 36.4 Å². The van der Waals surface area contributed by atoms with E-state index in [-0.39, 0.29) is 10.4 Å². The van der Waals surface area contributed by atoms with Crippen LogP contribution < -0.4 is 10.4 Å².